The van der Waals surface area contributed by atoms with Gasteiger partial charge in [0.05, 0.1) is 5.60 Å². The number of fused-ring (bicyclic) bond motifs is 1. The minimum absolute atomic E-state index is 0. The Morgan fingerprint density at radius 3 is 2.56 bits per heavy atom. The first-order chi connectivity index (χ1) is 7.12. The van der Waals surface area contributed by atoms with Crippen LogP contribution in [-0.2, 0) is 4.74 Å². The maximum absolute atomic E-state index is 5.96. The van der Waals surface area contributed by atoms with Gasteiger partial charge in [0.25, 0.3) is 0 Å². The molecule has 2 heterocycles. The second kappa shape index (κ2) is 6.58. The molecule has 0 amide bonds. The minimum Gasteiger partial charge on any atom is -0.372 e. The van der Waals surface area contributed by atoms with Crippen molar-refractivity contribution in [3.63, 3.8) is 0 Å². The number of likely N-dealkylation sites (N-methyl/N-ethyl adjacent to an activating group) is 2. The third-order valence-corrected chi connectivity index (χ3v) is 3.25. The average molecular weight is 230 g/mol. The van der Waals surface area contributed by atoms with Crippen molar-refractivity contribution in [1.82, 2.24) is 9.80 Å². The monoisotopic (exact) mass is 230 g/mol. The molecule has 0 aromatic rings. The summed E-state index contributed by atoms with van der Waals surface area (Å²) in [5.74, 6) is 0.764. The fourth-order valence-electron chi connectivity index (χ4n) is 2.88. The van der Waals surface area contributed by atoms with Crippen molar-refractivity contribution >= 4 is 0 Å². The number of hydrogen-bond donors (Lipinski definition) is 0. The summed E-state index contributed by atoms with van der Waals surface area (Å²) in [6, 6.07) is 0. The van der Waals surface area contributed by atoms with Gasteiger partial charge in [-0.15, -0.1) is 0 Å². The molecule has 2 aliphatic rings. The summed E-state index contributed by atoms with van der Waals surface area (Å²) in [5, 5.41) is 0. The zero-order valence-electron chi connectivity index (χ0n) is 10.9. The van der Waals surface area contributed by atoms with Crippen LogP contribution in [0, 0.1) is 5.92 Å². The fourth-order valence-corrected chi connectivity index (χ4v) is 2.88. The number of rotatable bonds is 2. The number of ether oxygens (including phenoxy) is 1. The highest BCUT2D eigenvalue weighted by Gasteiger charge is 2.49. The molecule has 2 fully saturated rings. The second-order valence-electron chi connectivity index (χ2n) is 4.83. The second-order valence-corrected chi connectivity index (χ2v) is 4.83. The molecule has 0 aromatic heterocycles. The average Bonchev–Trinajstić information content (AvgIpc) is 2.62. The predicted octanol–water partition coefficient (Wildman–Crippen LogP) is 1.93. The topological polar surface area (TPSA) is 15.7 Å². The number of nitrogens with zero attached hydrogens (tertiary/aromatic N) is 2. The molecular weight excluding hydrogens is 200 g/mol. The first-order valence-electron chi connectivity index (χ1n) is 6.10. The molecule has 2 saturated heterocycles. The van der Waals surface area contributed by atoms with Crippen LogP contribution >= 0.6 is 0 Å². The zero-order chi connectivity index (χ0) is 11.5. The van der Waals surface area contributed by atoms with Gasteiger partial charge in [0.1, 0.15) is 0 Å². The van der Waals surface area contributed by atoms with Gasteiger partial charge in [-0.2, -0.15) is 0 Å². The Balaban J connectivity index is 0.000000711. The van der Waals surface area contributed by atoms with Crippen molar-refractivity contribution in [2.75, 3.05) is 47.4 Å². The summed E-state index contributed by atoms with van der Waals surface area (Å²) < 4.78 is 5.96. The lowest BCUT2D eigenvalue weighted by Gasteiger charge is -2.31. The summed E-state index contributed by atoms with van der Waals surface area (Å²) in [6.07, 6.45) is 1.25. The molecule has 3 heteroatoms. The standard InChI is InChI=1S/C10H20N2O.C2H6.CH4/c1-11(2)7-10-8-12(3)6-9(10)4-5-13-10;1-2;/h9H,4-8H2,1-3H3;1-2H3;1H4. The third-order valence-electron chi connectivity index (χ3n) is 3.25. The molecule has 2 aliphatic heterocycles. The van der Waals surface area contributed by atoms with Gasteiger partial charge in [-0.3, -0.25) is 0 Å². The quantitative estimate of drug-likeness (QED) is 0.721. The SMILES string of the molecule is C.CC.CN(C)CC12CN(C)CC1CCO2. The van der Waals surface area contributed by atoms with Crippen LogP contribution in [0.15, 0.2) is 0 Å². The highest BCUT2D eigenvalue weighted by molar-refractivity contribution is 5.02. The Hall–Kier alpha value is -0.120. The van der Waals surface area contributed by atoms with Crippen LogP contribution in [-0.4, -0.2) is 62.8 Å². The van der Waals surface area contributed by atoms with E-state index in [4.69, 9.17) is 4.74 Å². The van der Waals surface area contributed by atoms with E-state index in [1.165, 1.54) is 13.0 Å². The molecule has 16 heavy (non-hydrogen) atoms. The lowest BCUT2D eigenvalue weighted by atomic mass is 9.90. The Labute approximate surface area is 102 Å². The third kappa shape index (κ3) is 3.19. The summed E-state index contributed by atoms with van der Waals surface area (Å²) >= 11 is 0. The molecular formula is C13H30N2O. The molecule has 0 spiro atoms. The van der Waals surface area contributed by atoms with Gasteiger partial charge >= 0.3 is 0 Å². The molecule has 0 radical (unpaired) electrons. The van der Waals surface area contributed by atoms with Gasteiger partial charge in [-0.25, -0.2) is 0 Å². The Morgan fingerprint density at radius 1 is 1.38 bits per heavy atom. The largest absolute Gasteiger partial charge is 0.372 e. The highest BCUT2D eigenvalue weighted by atomic mass is 16.5. The Bertz CT molecular complexity index is 196. The number of hydrogen-bond acceptors (Lipinski definition) is 3. The molecule has 0 N–H and O–H groups in total. The van der Waals surface area contributed by atoms with Crippen LogP contribution in [0.4, 0.5) is 0 Å². The van der Waals surface area contributed by atoms with Gasteiger partial charge in [0.15, 0.2) is 0 Å². The van der Waals surface area contributed by atoms with E-state index in [9.17, 15) is 0 Å². The minimum atomic E-state index is 0. The van der Waals surface area contributed by atoms with E-state index >= 15 is 0 Å². The van der Waals surface area contributed by atoms with E-state index in [1.54, 1.807) is 0 Å². The first kappa shape index (κ1) is 15.9. The van der Waals surface area contributed by atoms with Crippen LogP contribution in [0.2, 0.25) is 0 Å². The van der Waals surface area contributed by atoms with Crippen LogP contribution in [0.5, 0.6) is 0 Å². The van der Waals surface area contributed by atoms with Crippen LogP contribution in [0.3, 0.4) is 0 Å². The molecule has 2 rings (SSSR count). The molecule has 0 saturated carbocycles. The normalized spacial score (nSPS) is 33.0. The van der Waals surface area contributed by atoms with Gasteiger partial charge in [-0.1, -0.05) is 21.3 Å². The number of likely N-dealkylation sites (tertiary alicyclic amines) is 1. The van der Waals surface area contributed by atoms with E-state index in [-0.39, 0.29) is 13.0 Å². The molecule has 0 aliphatic carbocycles. The maximum atomic E-state index is 5.96. The lowest BCUT2D eigenvalue weighted by Crippen LogP contribution is -2.45. The van der Waals surface area contributed by atoms with Crippen LogP contribution in [0.25, 0.3) is 0 Å². The van der Waals surface area contributed by atoms with E-state index < -0.39 is 0 Å². The van der Waals surface area contributed by atoms with Crippen LogP contribution < -0.4 is 0 Å². The van der Waals surface area contributed by atoms with Gasteiger partial charge < -0.3 is 14.5 Å². The van der Waals surface area contributed by atoms with E-state index in [0.717, 1.165) is 25.6 Å². The van der Waals surface area contributed by atoms with Crippen molar-refractivity contribution in [1.29, 1.82) is 0 Å². The first-order valence-corrected chi connectivity index (χ1v) is 6.10. The molecule has 2 atom stereocenters. The van der Waals surface area contributed by atoms with Gasteiger partial charge in [0.2, 0.25) is 0 Å². The highest BCUT2D eigenvalue weighted by Crippen LogP contribution is 2.38. The van der Waals surface area contributed by atoms with Crippen molar-refractivity contribution in [3.05, 3.63) is 0 Å². The smallest absolute Gasteiger partial charge is 0.0975 e. The molecule has 0 bridgehead atoms. The zero-order valence-corrected chi connectivity index (χ0v) is 10.9. The fraction of sp³-hybridized carbons (Fsp3) is 1.00. The van der Waals surface area contributed by atoms with E-state index in [1.807, 2.05) is 13.8 Å². The lowest BCUT2D eigenvalue weighted by molar-refractivity contribution is -0.0214. The van der Waals surface area contributed by atoms with Crippen LogP contribution in [0.1, 0.15) is 27.7 Å². The predicted molar refractivity (Wildman–Crippen MR) is 70.9 cm³/mol. The summed E-state index contributed by atoms with van der Waals surface area (Å²) in [7, 11) is 6.46. The van der Waals surface area contributed by atoms with Crippen molar-refractivity contribution in [2.24, 2.45) is 5.92 Å². The molecule has 3 nitrogen and oxygen atoms in total. The molecule has 98 valence electrons. The maximum Gasteiger partial charge on any atom is 0.0975 e. The summed E-state index contributed by atoms with van der Waals surface area (Å²) in [4.78, 5) is 4.64. The van der Waals surface area contributed by atoms with Gasteiger partial charge in [0, 0.05) is 32.2 Å². The van der Waals surface area contributed by atoms with E-state index in [0.29, 0.717) is 0 Å². The summed E-state index contributed by atoms with van der Waals surface area (Å²) in [6.45, 7) is 8.36. The van der Waals surface area contributed by atoms with Gasteiger partial charge in [-0.05, 0) is 27.6 Å². The molecule has 2 unspecified atom stereocenters. The molecule has 0 aromatic carbocycles. The summed E-state index contributed by atoms with van der Waals surface area (Å²) in [5.41, 5.74) is 0.151. The van der Waals surface area contributed by atoms with E-state index in [2.05, 4.69) is 30.9 Å². The van der Waals surface area contributed by atoms with Crippen molar-refractivity contribution in [2.45, 2.75) is 33.3 Å². The Morgan fingerprint density at radius 2 is 2.00 bits per heavy atom. The van der Waals surface area contributed by atoms with Crippen molar-refractivity contribution in [3.8, 4) is 0 Å². The Kier molecular flexibility index (Phi) is 6.53. The van der Waals surface area contributed by atoms with Crippen molar-refractivity contribution < 1.29 is 4.74 Å².